The highest BCUT2D eigenvalue weighted by atomic mass is 15.1. The molecular formula is C34H31N. The highest BCUT2D eigenvalue weighted by molar-refractivity contribution is 5.91. The molecule has 0 fully saturated rings. The second kappa shape index (κ2) is 8.13. The highest BCUT2D eigenvalue weighted by Gasteiger charge is 2.35. The van der Waals surface area contributed by atoms with Crippen molar-refractivity contribution < 1.29 is 0 Å². The summed E-state index contributed by atoms with van der Waals surface area (Å²) < 4.78 is 0. The summed E-state index contributed by atoms with van der Waals surface area (Å²) in [6.45, 7) is 9.19. The van der Waals surface area contributed by atoms with E-state index in [-0.39, 0.29) is 5.41 Å². The summed E-state index contributed by atoms with van der Waals surface area (Å²) in [4.78, 5) is 2.38. The van der Waals surface area contributed by atoms with Crippen molar-refractivity contribution in [2.45, 2.75) is 39.0 Å². The number of hydrogen-bond donors (Lipinski definition) is 0. The fourth-order valence-corrected chi connectivity index (χ4v) is 5.61. The molecule has 0 radical (unpaired) electrons. The molecule has 6 rings (SSSR count). The van der Waals surface area contributed by atoms with E-state index in [1.807, 2.05) is 0 Å². The standard InChI is InChI=1S/C34H31N/c1-23(2)24-14-15-26-21-28(17-16-25(26)20-24)35(27-10-6-5-7-11-27)29-18-19-31-30-12-8-9-13-32(30)34(3,4)33(31)22-29/h5-23H,1-4H3. The summed E-state index contributed by atoms with van der Waals surface area (Å²) >= 11 is 0. The van der Waals surface area contributed by atoms with E-state index in [2.05, 4.69) is 142 Å². The van der Waals surface area contributed by atoms with Gasteiger partial charge in [-0.3, -0.25) is 0 Å². The lowest BCUT2D eigenvalue weighted by Crippen LogP contribution is -2.16. The van der Waals surface area contributed by atoms with E-state index in [9.17, 15) is 0 Å². The number of fused-ring (bicyclic) bond motifs is 4. The Labute approximate surface area is 208 Å². The summed E-state index contributed by atoms with van der Waals surface area (Å²) in [6, 6.07) is 40.2. The topological polar surface area (TPSA) is 3.24 Å². The van der Waals surface area contributed by atoms with Crippen LogP contribution in [0.2, 0.25) is 0 Å². The lowest BCUT2D eigenvalue weighted by atomic mass is 9.82. The van der Waals surface area contributed by atoms with Crippen LogP contribution in [-0.4, -0.2) is 0 Å². The average molecular weight is 454 g/mol. The average Bonchev–Trinajstić information content (AvgIpc) is 3.11. The van der Waals surface area contributed by atoms with Gasteiger partial charge in [0.1, 0.15) is 0 Å². The first kappa shape index (κ1) is 21.7. The van der Waals surface area contributed by atoms with E-state index >= 15 is 0 Å². The Kier molecular flexibility index (Phi) is 5.04. The molecule has 0 spiro atoms. The molecule has 0 heterocycles. The third-order valence-corrected chi connectivity index (χ3v) is 7.61. The number of hydrogen-bond acceptors (Lipinski definition) is 1. The molecule has 0 aromatic heterocycles. The zero-order valence-corrected chi connectivity index (χ0v) is 20.9. The normalized spacial score (nSPS) is 13.6. The van der Waals surface area contributed by atoms with Crippen LogP contribution in [0.4, 0.5) is 17.1 Å². The molecule has 172 valence electrons. The highest BCUT2D eigenvalue weighted by Crippen LogP contribution is 2.50. The van der Waals surface area contributed by atoms with Crippen LogP contribution in [0.1, 0.15) is 50.3 Å². The van der Waals surface area contributed by atoms with Gasteiger partial charge in [0.15, 0.2) is 0 Å². The number of nitrogens with zero attached hydrogens (tertiary/aromatic N) is 1. The van der Waals surface area contributed by atoms with Gasteiger partial charge < -0.3 is 4.90 Å². The van der Waals surface area contributed by atoms with Crippen molar-refractivity contribution in [2.24, 2.45) is 0 Å². The fraction of sp³-hybridized carbons (Fsp3) is 0.176. The molecule has 5 aromatic carbocycles. The van der Waals surface area contributed by atoms with Crippen LogP contribution in [0.5, 0.6) is 0 Å². The fourth-order valence-electron chi connectivity index (χ4n) is 5.61. The van der Waals surface area contributed by atoms with Gasteiger partial charge in [-0.1, -0.05) is 100 Å². The van der Waals surface area contributed by atoms with Gasteiger partial charge in [-0.05, 0) is 80.9 Å². The first-order chi connectivity index (χ1) is 16.9. The second-order valence-electron chi connectivity index (χ2n) is 10.5. The van der Waals surface area contributed by atoms with Gasteiger partial charge in [-0.25, -0.2) is 0 Å². The Bertz CT molecular complexity index is 1540. The molecule has 0 saturated carbocycles. The molecule has 0 atom stereocenters. The molecule has 0 N–H and O–H groups in total. The molecule has 1 heteroatoms. The van der Waals surface area contributed by atoms with Crippen LogP contribution < -0.4 is 4.90 Å². The van der Waals surface area contributed by atoms with Crippen molar-refractivity contribution in [2.75, 3.05) is 4.90 Å². The first-order valence-electron chi connectivity index (χ1n) is 12.6. The quantitative estimate of drug-likeness (QED) is 0.262. The maximum atomic E-state index is 2.40. The Morgan fingerprint density at radius 3 is 1.97 bits per heavy atom. The third kappa shape index (κ3) is 3.54. The van der Waals surface area contributed by atoms with Gasteiger partial charge >= 0.3 is 0 Å². The summed E-state index contributed by atoms with van der Waals surface area (Å²) in [5, 5.41) is 2.56. The Hall–Kier alpha value is -3.84. The summed E-state index contributed by atoms with van der Waals surface area (Å²) in [5.41, 5.74) is 10.4. The van der Waals surface area contributed by atoms with E-state index in [0.717, 1.165) is 0 Å². The smallest absolute Gasteiger partial charge is 0.0468 e. The second-order valence-corrected chi connectivity index (χ2v) is 10.5. The molecule has 1 aliphatic rings. The van der Waals surface area contributed by atoms with Crippen molar-refractivity contribution in [3.63, 3.8) is 0 Å². The minimum Gasteiger partial charge on any atom is -0.310 e. The van der Waals surface area contributed by atoms with Crippen molar-refractivity contribution in [3.8, 4) is 11.1 Å². The van der Waals surface area contributed by atoms with E-state index in [4.69, 9.17) is 0 Å². The van der Waals surface area contributed by atoms with Gasteiger partial charge in [0.25, 0.3) is 0 Å². The molecule has 1 aliphatic carbocycles. The van der Waals surface area contributed by atoms with Crippen molar-refractivity contribution in [1.29, 1.82) is 0 Å². The van der Waals surface area contributed by atoms with Crippen molar-refractivity contribution in [3.05, 3.63) is 126 Å². The van der Waals surface area contributed by atoms with Crippen molar-refractivity contribution >= 4 is 27.8 Å². The van der Waals surface area contributed by atoms with Crippen LogP contribution in [0.3, 0.4) is 0 Å². The molecule has 5 aromatic rings. The van der Waals surface area contributed by atoms with Gasteiger partial charge in [0, 0.05) is 22.5 Å². The van der Waals surface area contributed by atoms with Crippen LogP contribution >= 0.6 is 0 Å². The Balaban J connectivity index is 1.51. The van der Waals surface area contributed by atoms with E-state index in [0.29, 0.717) is 5.92 Å². The van der Waals surface area contributed by atoms with Gasteiger partial charge in [-0.15, -0.1) is 0 Å². The molecular weight excluding hydrogens is 422 g/mol. The number of para-hydroxylation sites is 1. The van der Waals surface area contributed by atoms with Crippen LogP contribution in [0.15, 0.2) is 109 Å². The molecule has 0 amide bonds. The maximum Gasteiger partial charge on any atom is 0.0468 e. The SMILES string of the molecule is CC(C)c1ccc2cc(N(c3ccccc3)c3ccc4c(c3)C(C)(C)c3ccccc3-4)ccc2c1. The molecule has 35 heavy (non-hydrogen) atoms. The Morgan fingerprint density at radius 1 is 0.543 bits per heavy atom. The number of rotatable bonds is 4. The lowest BCUT2D eigenvalue weighted by Gasteiger charge is -2.28. The van der Waals surface area contributed by atoms with Crippen LogP contribution in [0, 0.1) is 0 Å². The summed E-state index contributed by atoms with van der Waals surface area (Å²) in [6.07, 6.45) is 0. The molecule has 0 unspecified atom stereocenters. The lowest BCUT2D eigenvalue weighted by molar-refractivity contribution is 0.660. The largest absolute Gasteiger partial charge is 0.310 e. The molecule has 0 saturated heterocycles. The first-order valence-corrected chi connectivity index (χ1v) is 12.6. The van der Waals surface area contributed by atoms with E-state index in [1.54, 1.807) is 0 Å². The van der Waals surface area contributed by atoms with Gasteiger partial charge in [0.05, 0.1) is 0 Å². The zero-order chi connectivity index (χ0) is 24.2. The van der Waals surface area contributed by atoms with Crippen LogP contribution in [-0.2, 0) is 5.41 Å². The summed E-state index contributed by atoms with van der Waals surface area (Å²) in [5.74, 6) is 0.527. The third-order valence-electron chi connectivity index (χ3n) is 7.61. The van der Waals surface area contributed by atoms with E-state index in [1.165, 1.54) is 55.7 Å². The summed E-state index contributed by atoms with van der Waals surface area (Å²) in [7, 11) is 0. The number of benzene rings is 5. The Morgan fingerprint density at radius 2 is 1.17 bits per heavy atom. The molecule has 0 bridgehead atoms. The van der Waals surface area contributed by atoms with Gasteiger partial charge in [-0.2, -0.15) is 0 Å². The molecule has 1 nitrogen and oxygen atoms in total. The molecule has 0 aliphatic heterocycles. The number of anilines is 3. The minimum absolute atomic E-state index is 0.0269. The van der Waals surface area contributed by atoms with Crippen molar-refractivity contribution in [1.82, 2.24) is 0 Å². The minimum atomic E-state index is -0.0269. The van der Waals surface area contributed by atoms with Crippen LogP contribution in [0.25, 0.3) is 21.9 Å². The predicted octanol–water partition coefficient (Wildman–Crippen LogP) is 9.74. The zero-order valence-electron chi connectivity index (χ0n) is 20.9. The predicted molar refractivity (Wildman–Crippen MR) is 150 cm³/mol. The van der Waals surface area contributed by atoms with Gasteiger partial charge in [0.2, 0.25) is 0 Å². The van der Waals surface area contributed by atoms with E-state index < -0.39 is 0 Å². The monoisotopic (exact) mass is 453 g/mol. The maximum absolute atomic E-state index is 2.40.